The van der Waals surface area contributed by atoms with Gasteiger partial charge in [-0.05, 0) is 232 Å². The molecule has 0 nitrogen and oxygen atoms in total. The largest absolute Gasteiger partial charge is 0.0599 e. The van der Waals surface area contributed by atoms with Crippen molar-refractivity contribution in [2.45, 2.75) is 221 Å². The summed E-state index contributed by atoms with van der Waals surface area (Å²) in [6, 6.07) is 0. The van der Waals surface area contributed by atoms with Crippen molar-refractivity contribution in [2.24, 2.45) is 129 Å². The zero-order valence-electron chi connectivity index (χ0n) is 38.3. The number of rotatable bonds is 3. The topological polar surface area (TPSA) is 0 Å². The molecule has 10 rings (SSSR count). The molecule has 0 spiro atoms. The number of fused-ring (bicyclic) bond motifs is 6. The van der Waals surface area contributed by atoms with Gasteiger partial charge in [-0.1, -0.05) is 119 Å². The molecular weight excluding hydrogens is 673 g/mol. The molecule has 0 aliphatic heterocycles. The van der Waals surface area contributed by atoms with E-state index in [1.807, 2.05) is 0 Å². The Hall–Kier alpha value is 0. The third kappa shape index (κ3) is 7.32. The Kier molecular flexibility index (Phi) is 11.5. The predicted octanol–water partition coefficient (Wildman–Crippen LogP) is 16.5. The SMILES string of the molecule is CC(C)(C)C1CCC2C(C1)C(C1CCC3CCCCC3C1)C1CCCCC1C2C1C2CCCCC2C(C2CCC3CCCCC3C2)C2CC(C(C)(C)C)CCC21. The summed E-state index contributed by atoms with van der Waals surface area (Å²) in [5, 5.41) is 0. The van der Waals surface area contributed by atoms with Crippen LogP contribution in [-0.2, 0) is 0 Å². The van der Waals surface area contributed by atoms with Gasteiger partial charge in [0, 0.05) is 0 Å². The molecule has 0 radical (unpaired) electrons. The molecule has 10 fully saturated rings. The van der Waals surface area contributed by atoms with Gasteiger partial charge in [-0.2, -0.15) is 0 Å². The summed E-state index contributed by atoms with van der Waals surface area (Å²) in [6.45, 7) is 15.9. The van der Waals surface area contributed by atoms with Crippen LogP contribution in [0.4, 0.5) is 0 Å². The van der Waals surface area contributed by atoms with Crippen molar-refractivity contribution in [2.75, 3.05) is 0 Å². The van der Waals surface area contributed by atoms with Crippen molar-refractivity contribution in [1.29, 1.82) is 0 Å². The van der Waals surface area contributed by atoms with E-state index in [0.717, 1.165) is 118 Å². The molecule has 0 heteroatoms. The molecular formula is C56H94. The molecule has 0 saturated heterocycles. The molecule has 10 aliphatic rings. The van der Waals surface area contributed by atoms with Crippen LogP contribution >= 0.6 is 0 Å². The molecule has 20 unspecified atom stereocenters. The zero-order valence-corrected chi connectivity index (χ0v) is 38.3. The Morgan fingerprint density at radius 3 is 0.911 bits per heavy atom. The van der Waals surface area contributed by atoms with Gasteiger partial charge in [-0.15, -0.1) is 0 Å². The first-order chi connectivity index (χ1) is 27.0. The summed E-state index contributed by atoms with van der Waals surface area (Å²) >= 11 is 0. The Bertz CT molecular complexity index is 1210. The first kappa shape index (κ1) is 40.1. The Labute approximate surface area is 349 Å². The van der Waals surface area contributed by atoms with Gasteiger partial charge in [0.2, 0.25) is 0 Å². The molecule has 0 bridgehead atoms. The fourth-order valence-corrected chi connectivity index (χ4v) is 20.5. The van der Waals surface area contributed by atoms with E-state index in [4.69, 9.17) is 0 Å². The quantitative estimate of drug-likeness (QED) is 0.268. The van der Waals surface area contributed by atoms with Crippen LogP contribution in [0.5, 0.6) is 0 Å². The summed E-state index contributed by atoms with van der Waals surface area (Å²) in [5.74, 6) is 21.5. The average molecular weight is 767 g/mol. The first-order valence-corrected chi connectivity index (χ1v) is 27.0. The minimum absolute atomic E-state index is 0.482. The van der Waals surface area contributed by atoms with Crippen LogP contribution in [0.3, 0.4) is 0 Å². The molecule has 10 saturated carbocycles. The summed E-state index contributed by atoms with van der Waals surface area (Å²) in [5.41, 5.74) is 0.964. The van der Waals surface area contributed by atoms with Crippen molar-refractivity contribution in [3.63, 3.8) is 0 Å². The molecule has 0 aromatic heterocycles. The second-order valence-corrected chi connectivity index (χ2v) is 26.7. The van der Waals surface area contributed by atoms with Crippen molar-refractivity contribution in [3.05, 3.63) is 0 Å². The smallest absolute Gasteiger partial charge is 0.0318 e. The van der Waals surface area contributed by atoms with Gasteiger partial charge in [0.15, 0.2) is 0 Å². The van der Waals surface area contributed by atoms with Crippen LogP contribution in [0.1, 0.15) is 221 Å². The normalized spacial score (nSPS) is 52.6. The molecule has 0 N–H and O–H groups in total. The number of hydrogen-bond donors (Lipinski definition) is 0. The molecule has 0 amide bonds. The summed E-state index contributed by atoms with van der Waals surface area (Å²) < 4.78 is 0. The molecule has 0 aromatic rings. The average Bonchev–Trinajstić information content (AvgIpc) is 3.20. The van der Waals surface area contributed by atoms with Crippen LogP contribution in [0.25, 0.3) is 0 Å². The van der Waals surface area contributed by atoms with Gasteiger partial charge in [-0.25, -0.2) is 0 Å². The highest BCUT2D eigenvalue weighted by atomic mass is 14.7. The highest BCUT2D eigenvalue weighted by molar-refractivity contribution is 5.12. The lowest BCUT2D eigenvalue weighted by molar-refractivity contribution is -0.187. The second kappa shape index (κ2) is 16.0. The van der Waals surface area contributed by atoms with Crippen molar-refractivity contribution >= 4 is 0 Å². The van der Waals surface area contributed by atoms with E-state index < -0.39 is 0 Å². The minimum Gasteiger partial charge on any atom is -0.0599 e. The third-order valence-corrected chi connectivity index (χ3v) is 22.8. The lowest BCUT2D eigenvalue weighted by Gasteiger charge is -2.67. The van der Waals surface area contributed by atoms with Crippen molar-refractivity contribution in [1.82, 2.24) is 0 Å². The van der Waals surface area contributed by atoms with E-state index in [9.17, 15) is 0 Å². The lowest BCUT2D eigenvalue weighted by Crippen LogP contribution is -2.61. The summed E-state index contributed by atoms with van der Waals surface area (Å²) in [7, 11) is 0. The lowest BCUT2D eigenvalue weighted by atomic mass is 9.38. The maximum absolute atomic E-state index is 2.65. The monoisotopic (exact) mass is 767 g/mol. The molecule has 56 heavy (non-hydrogen) atoms. The summed E-state index contributed by atoms with van der Waals surface area (Å²) in [4.78, 5) is 0. The van der Waals surface area contributed by atoms with Gasteiger partial charge in [-0.3, -0.25) is 0 Å². The number of hydrogen-bond acceptors (Lipinski definition) is 0. The van der Waals surface area contributed by atoms with E-state index in [2.05, 4.69) is 41.5 Å². The van der Waals surface area contributed by atoms with Crippen LogP contribution in [-0.4, -0.2) is 0 Å². The van der Waals surface area contributed by atoms with Crippen LogP contribution in [0, 0.1) is 129 Å². The highest BCUT2D eigenvalue weighted by Gasteiger charge is 2.63. The van der Waals surface area contributed by atoms with Gasteiger partial charge < -0.3 is 0 Å². The van der Waals surface area contributed by atoms with E-state index >= 15 is 0 Å². The van der Waals surface area contributed by atoms with Gasteiger partial charge in [0.05, 0.1) is 0 Å². The van der Waals surface area contributed by atoms with E-state index in [0.29, 0.717) is 10.8 Å². The third-order valence-electron chi connectivity index (χ3n) is 22.8. The van der Waals surface area contributed by atoms with E-state index in [-0.39, 0.29) is 0 Å². The van der Waals surface area contributed by atoms with Crippen molar-refractivity contribution in [3.8, 4) is 0 Å². The molecule has 10 aliphatic carbocycles. The Balaban J connectivity index is 1.03. The summed E-state index contributed by atoms with van der Waals surface area (Å²) in [6.07, 6.45) is 44.8. The molecule has 318 valence electrons. The Morgan fingerprint density at radius 1 is 0.232 bits per heavy atom. The maximum atomic E-state index is 2.65. The minimum atomic E-state index is 0.482. The van der Waals surface area contributed by atoms with Crippen molar-refractivity contribution < 1.29 is 0 Å². The van der Waals surface area contributed by atoms with Crippen LogP contribution < -0.4 is 0 Å². The van der Waals surface area contributed by atoms with E-state index in [1.54, 1.807) is 180 Å². The standard InChI is InChI=1S/C56H94/c1-55(2,3)41-27-29-47-49(33-41)51(39-25-23-35-15-7-9-17-37(35)31-39)43-19-11-13-21-45(43)53(47)54-46-22-14-12-20-44(46)52(40-26-24-36-16-8-10-18-38(36)32-40)50-34-42(56(4,5)6)28-30-48(50)54/h35-54H,7-34H2,1-6H3. The van der Waals surface area contributed by atoms with E-state index in [1.165, 1.54) is 0 Å². The molecule has 0 aromatic carbocycles. The van der Waals surface area contributed by atoms with Gasteiger partial charge in [0.25, 0.3) is 0 Å². The second-order valence-electron chi connectivity index (χ2n) is 26.7. The van der Waals surface area contributed by atoms with Gasteiger partial charge >= 0.3 is 0 Å². The van der Waals surface area contributed by atoms with Crippen LogP contribution in [0.15, 0.2) is 0 Å². The zero-order chi connectivity index (χ0) is 38.3. The fourth-order valence-electron chi connectivity index (χ4n) is 20.5. The van der Waals surface area contributed by atoms with Gasteiger partial charge in [0.1, 0.15) is 0 Å². The highest BCUT2D eigenvalue weighted by Crippen LogP contribution is 2.70. The first-order valence-electron chi connectivity index (χ1n) is 27.0. The molecule has 20 atom stereocenters. The Morgan fingerprint density at radius 2 is 0.536 bits per heavy atom. The molecule has 0 heterocycles. The predicted molar refractivity (Wildman–Crippen MR) is 238 cm³/mol. The maximum Gasteiger partial charge on any atom is -0.0318 e. The fraction of sp³-hybridized carbons (Fsp3) is 1.00. The van der Waals surface area contributed by atoms with Crippen LogP contribution in [0.2, 0.25) is 0 Å².